The van der Waals surface area contributed by atoms with Crippen LogP contribution in [0.2, 0.25) is 0 Å². The second-order valence-corrected chi connectivity index (χ2v) is 4.48. The van der Waals surface area contributed by atoms with Crippen LogP contribution in [0.1, 0.15) is 11.4 Å². The number of amides is 1. The lowest BCUT2D eigenvalue weighted by atomic mass is 10.3. The number of nitrogens with two attached hydrogens (primary N) is 1. The first kappa shape index (κ1) is 11.5. The molecule has 0 aliphatic carbocycles. The first-order valence-corrected chi connectivity index (χ1v) is 5.94. The van der Waals surface area contributed by atoms with E-state index in [1.807, 2.05) is 19.1 Å². The van der Waals surface area contributed by atoms with Gasteiger partial charge in [0.2, 0.25) is 5.91 Å². The number of carbonyl (C=O) groups excluding carboxylic acids is 1. The number of rotatable bonds is 3. The zero-order valence-electron chi connectivity index (χ0n) is 9.30. The van der Waals surface area contributed by atoms with Crippen LogP contribution in [0, 0.1) is 6.92 Å². The molecule has 0 atom stereocenters. The minimum Gasteiger partial charge on any atom is -0.375 e. The summed E-state index contributed by atoms with van der Waals surface area (Å²) in [6.45, 7) is 1.89. The summed E-state index contributed by atoms with van der Waals surface area (Å²) in [5.74, 6) is -0.124. The van der Waals surface area contributed by atoms with Crippen molar-refractivity contribution in [2.45, 2.75) is 13.3 Å². The van der Waals surface area contributed by atoms with Crippen LogP contribution in [0.3, 0.4) is 0 Å². The van der Waals surface area contributed by atoms with Gasteiger partial charge in [-0.3, -0.25) is 9.78 Å². The van der Waals surface area contributed by atoms with Gasteiger partial charge in [-0.25, -0.2) is 4.98 Å². The zero-order valence-corrected chi connectivity index (χ0v) is 10.1. The summed E-state index contributed by atoms with van der Waals surface area (Å²) in [4.78, 5) is 19.8. The van der Waals surface area contributed by atoms with Gasteiger partial charge in [0.1, 0.15) is 0 Å². The molecule has 0 bridgehead atoms. The van der Waals surface area contributed by atoms with Crippen molar-refractivity contribution in [3.8, 4) is 0 Å². The summed E-state index contributed by atoms with van der Waals surface area (Å²) in [6, 6.07) is 3.66. The van der Waals surface area contributed by atoms with Gasteiger partial charge in [0.25, 0.3) is 0 Å². The maximum Gasteiger partial charge on any atom is 0.230 e. The molecule has 2 rings (SSSR count). The van der Waals surface area contributed by atoms with E-state index in [0.717, 1.165) is 5.69 Å². The third kappa shape index (κ3) is 3.25. The molecule has 2 aromatic rings. The van der Waals surface area contributed by atoms with Crippen molar-refractivity contribution in [3.63, 3.8) is 0 Å². The van der Waals surface area contributed by atoms with Crippen molar-refractivity contribution in [1.29, 1.82) is 0 Å². The molecule has 6 heteroatoms. The summed E-state index contributed by atoms with van der Waals surface area (Å²) >= 11 is 1.33. The number of pyridine rings is 1. The highest BCUT2D eigenvalue weighted by atomic mass is 32.1. The molecule has 2 heterocycles. The van der Waals surface area contributed by atoms with Gasteiger partial charge in [0, 0.05) is 11.1 Å². The van der Waals surface area contributed by atoms with Crippen molar-refractivity contribution in [1.82, 2.24) is 9.97 Å². The van der Waals surface area contributed by atoms with Crippen molar-refractivity contribution < 1.29 is 4.79 Å². The molecule has 0 saturated carbocycles. The Hall–Kier alpha value is -1.95. The smallest absolute Gasteiger partial charge is 0.230 e. The Balaban J connectivity index is 1.95. The fourth-order valence-corrected chi connectivity index (χ4v) is 1.88. The predicted octanol–water partition coefficient (Wildman–Crippen LogP) is 1.61. The van der Waals surface area contributed by atoms with E-state index < -0.39 is 0 Å². The summed E-state index contributed by atoms with van der Waals surface area (Å²) < 4.78 is 0. The number of aryl methyl sites for hydroxylation is 1. The fraction of sp³-hybridized carbons (Fsp3) is 0.182. The molecule has 2 aromatic heterocycles. The van der Waals surface area contributed by atoms with Crippen LogP contribution in [0.25, 0.3) is 0 Å². The lowest BCUT2D eigenvalue weighted by Gasteiger charge is -2.03. The molecule has 0 radical (unpaired) electrons. The van der Waals surface area contributed by atoms with E-state index in [2.05, 4.69) is 15.3 Å². The Bertz CT molecular complexity index is 521. The normalized spacial score (nSPS) is 10.2. The summed E-state index contributed by atoms with van der Waals surface area (Å²) in [5.41, 5.74) is 7.77. The number of anilines is 2. The molecular formula is C11H12N4OS. The van der Waals surface area contributed by atoms with Crippen LogP contribution in [0.15, 0.2) is 23.7 Å². The van der Waals surface area contributed by atoms with E-state index >= 15 is 0 Å². The van der Waals surface area contributed by atoms with Crippen molar-refractivity contribution in [3.05, 3.63) is 35.1 Å². The number of thiazole rings is 1. The topological polar surface area (TPSA) is 80.9 Å². The van der Waals surface area contributed by atoms with Gasteiger partial charge in [-0.05, 0) is 19.1 Å². The molecule has 0 unspecified atom stereocenters. The standard InChI is InChI=1S/C11H12N4OS/c1-7-2-3-8(5-13-7)14-10(16)4-9-6-17-11(12)15-9/h2-3,5-6H,4H2,1H3,(H2,12,15)(H,14,16). The molecule has 88 valence electrons. The van der Waals surface area contributed by atoms with Gasteiger partial charge in [-0.15, -0.1) is 11.3 Å². The molecule has 0 aliphatic rings. The van der Waals surface area contributed by atoms with E-state index in [1.165, 1.54) is 11.3 Å². The maximum atomic E-state index is 11.7. The predicted molar refractivity (Wildman–Crippen MR) is 67.8 cm³/mol. The fourth-order valence-electron chi connectivity index (χ4n) is 1.32. The van der Waals surface area contributed by atoms with E-state index in [4.69, 9.17) is 5.73 Å². The highest BCUT2D eigenvalue weighted by Crippen LogP contribution is 2.12. The maximum absolute atomic E-state index is 11.7. The summed E-state index contributed by atoms with van der Waals surface area (Å²) in [6.07, 6.45) is 1.85. The first-order chi connectivity index (χ1) is 8.13. The van der Waals surface area contributed by atoms with Crippen LogP contribution < -0.4 is 11.1 Å². The number of nitrogens with one attached hydrogen (secondary N) is 1. The van der Waals surface area contributed by atoms with Crippen LogP contribution in [0.5, 0.6) is 0 Å². The van der Waals surface area contributed by atoms with Crippen LogP contribution in [-0.2, 0) is 11.2 Å². The molecule has 0 aromatic carbocycles. The van der Waals surface area contributed by atoms with E-state index in [-0.39, 0.29) is 12.3 Å². The van der Waals surface area contributed by atoms with Crippen LogP contribution in [0.4, 0.5) is 10.8 Å². The van der Waals surface area contributed by atoms with Gasteiger partial charge < -0.3 is 11.1 Å². The van der Waals surface area contributed by atoms with Crippen LogP contribution in [-0.4, -0.2) is 15.9 Å². The lowest BCUT2D eigenvalue weighted by molar-refractivity contribution is -0.115. The highest BCUT2D eigenvalue weighted by molar-refractivity contribution is 7.13. The number of carbonyl (C=O) groups is 1. The number of hydrogen-bond acceptors (Lipinski definition) is 5. The Labute approximate surface area is 103 Å². The molecule has 5 nitrogen and oxygen atoms in total. The molecule has 1 amide bonds. The Kier molecular flexibility index (Phi) is 3.34. The third-order valence-electron chi connectivity index (χ3n) is 2.11. The molecule has 0 saturated heterocycles. The van der Waals surface area contributed by atoms with Crippen LogP contribution >= 0.6 is 11.3 Å². The van der Waals surface area contributed by atoms with Crippen molar-refractivity contribution in [2.24, 2.45) is 0 Å². The Morgan fingerprint density at radius 1 is 1.53 bits per heavy atom. The second kappa shape index (κ2) is 4.92. The SMILES string of the molecule is Cc1ccc(NC(=O)Cc2csc(N)n2)cn1. The Morgan fingerprint density at radius 3 is 2.94 bits per heavy atom. The molecule has 0 fully saturated rings. The quantitative estimate of drug-likeness (QED) is 0.864. The first-order valence-electron chi connectivity index (χ1n) is 5.06. The van der Waals surface area contributed by atoms with Gasteiger partial charge >= 0.3 is 0 Å². The average molecular weight is 248 g/mol. The van der Waals surface area contributed by atoms with Gasteiger partial charge in [0.15, 0.2) is 5.13 Å². The largest absolute Gasteiger partial charge is 0.375 e. The van der Waals surface area contributed by atoms with Gasteiger partial charge in [0.05, 0.1) is 24.0 Å². The van der Waals surface area contributed by atoms with E-state index in [9.17, 15) is 4.79 Å². The highest BCUT2D eigenvalue weighted by Gasteiger charge is 2.07. The molecule has 0 aliphatic heterocycles. The van der Waals surface area contributed by atoms with Crippen molar-refractivity contribution >= 4 is 28.1 Å². The summed E-state index contributed by atoms with van der Waals surface area (Å²) in [5, 5.41) is 5.01. The zero-order chi connectivity index (χ0) is 12.3. The average Bonchev–Trinajstić information content (AvgIpc) is 2.67. The molecule has 0 spiro atoms. The molecule has 3 N–H and O–H groups in total. The van der Waals surface area contributed by atoms with Gasteiger partial charge in [-0.2, -0.15) is 0 Å². The lowest BCUT2D eigenvalue weighted by Crippen LogP contribution is -2.14. The minimum atomic E-state index is -0.124. The number of nitrogens with zero attached hydrogens (tertiary/aromatic N) is 2. The molecule has 17 heavy (non-hydrogen) atoms. The number of nitrogen functional groups attached to an aromatic ring is 1. The molecular weight excluding hydrogens is 236 g/mol. The number of aromatic nitrogens is 2. The van der Waals surface area contributed by atoms with Gasteiger partial charge in [-0.1, -0.05) is 0 Å². The van der Waals surface area contributed by atoms with E-state index in [0.29, 0.717) is 16.5 Å². The second-order valence-electron chi connectivity index (χ2n) is 3.59. The van der Waals surface area contributed by atoms with Crippen molar-refractivity contribution in [2.75, 3.05) is 11.1 Å². The third-order valence-corrected chi connectivity index (χ3v) is 2.83. The monoisotopic (exact) mass is 248 g/mol. The Morgan fingerprint density at radius 2 is 2.35 bits per heavy atom. The number of hydrogen-bond donors (Lipinski definition) is 2. The minimum absolute atomic E-state index is 0.124. The van der Waals surface area contributed by atoms with E-state index in [1.54, 1.807) is 11.6 Å². The summed E-state index contributed by atoms with van der Waals surface area (Å²) in [7, 11) is 0.